The number of nitrogens with zero attached hydrogens (tertiary/aromatic N) is 2. The molecule has 3 aromatic rings. The summed E-state index contributed by atoms with van der Waals surface area (Å²) in [6.45, 7) is 9.24. The molecule has 4 rings (SSSR count). The Kier molecular flexibility index (Phi) is 9.16. The Morgan fingerprint density at radius 2 is 1.84 bits per heavy atom. The number of benzene rings is 3. The summed E-state index contributed by atoms with van der Waals surface area (Å²) >= 11 is 0. The standard InChI is InChI=1S/C32H41FN2O3/c1-6-34(4)16-17-38-32-15-11-23(20-30(32)33)22(3)35(7-2)31-21-28(37-5)13-14-29(31)26-9-8-25-19-27(36)12-10-24(25)18-26/h10-15,19-22,26,36H,6-9,16-18H2,1-5H3/t22?,26-/m1/s1. The van der Waals surface area contributed by atoms with Crippen molar-refractivity contribution in [3.05, 3.63) is 82.7 Å². The lowest BCUT2D eigenvalue weighted by atomic mass is 9.79. The molecule has 1 unspecified atom stereocenters. The Morgan fingerprint density at radius 1 is 1.03 bits per heavy atom. The number of hydrogen-bond donors (Lipinski definition) is 1. The Hall–Kier alpha value is -3.25. The van der Waals surface area contributed by atoms with Gasteiger partial charge in [0.1, 0.15) is 18.1 Å². The number of fused-ring (bicyclic) bond motifs is 1. The van der Waals surface area contributed by atoms with E-state index < -0.39 is 0 Å². The monoisotopic (exact) mass is 520 g/mol. The van der Waals surface area contributed by atoms with E-state index in [9.17, 15) is 5.11 Å². The Bertz CT molecular complexity index is 1230. The Morgan fingerprint density at radius 3 is 2.55 bits per heavy atom. The van der Waals surface area contributed by atoms with Crippen molar-refractivity contribution < 1.29 is 19.0 Å². The van der Waals surface area contributed by atoms with Crippen LogP contribution in [0.2, 0.25) is 0 Å². The lowest BCUT2D eigenvalue weighted by Crippen LogP contribution is -2.28. The van der Waals surface area contributed by atoms with Crippen LogP contribution < -0.4 is 14.4 Å². The van der Waals surface area contributed by atoms with E-state index in [1.165, 1.54) is 16.7 Å². The number of phenols is 1. The van der Waals surface area contributed by atoms with E-state index in [1.807, 2.05) is 31.3 Å². The number of halogens is 1. The predicted octanol–water partition coefficient (Wildman–Crippen LogP) is 6.73. The lowest BCUT2D eigenvalue weighted by Gasteiger charge is -2.35. The summed E-state index contributed by atoms with van der Waals surface area (Å²) in [6, 6.07) is 17.3. The lowest BCUT2D eigenvalue weighted by molar-refractivity contribution is 0.236. The van der Waals surface area contributed by atoms with Crippen LogP contribution in [-0.4, -0.2) is 50.4 Å². The summed E-state index contributed by atoms with van der Waals surface area (Å²) in [5, 5.41) is 9.90. The fourth-order valence-corrected chi connectivity index (χ4v) is 5.45. The quantitative estimate of drug-likeness (QED) is 0.304. The SMILES string of the molecule is CCN(C)CCOc1ccc(C(C)N(CC)c2cc(OC)ccc2[C@@H]2CCc3cc(O)ccc3C2)cc1F. The van der Waals surface area contributed by atoms with Crippen molar-refractivity contribution in [2.45, 2.75) is 52.0 Å². The molecule has 1 N–H and O–H groups in total. The first-order valence-electron chi connectivity index (χ1n) is 13.7. The number of rotatable bonds is 11. The number of ether oxygens (including phenoxy) is 2. The number of likely N-dealkylation sites (N-methyl/N-ethyl adjacent to an activating group) is 1. The van der Waals surface area contributed by atoms with Crippen molar-refractivity contribution in [3.8, 4) is 17.2 Å². The van der Waals surface area contributed by atoms with E-state index in [-0.39, 0.29) is 11.9 Å². The van der Waals surface area contributed by atoms with Crippen molar-refractivity contribution in [1.82, 2.24) is 4.90 Å². The molecule has 0 aromatic heterocycles. The van der Waals surface area contributed by atoms with Crippen molar-refractivity contribution in [2.24, 2.45) is 0 Å². The zero-order valence-corrected chi connectivity index (χ0v) is 23.3. The summed E-state index contributed by atoms with van der Waals surface area (Å²) < 4.78 is 26.4. The minimum absolute atomic E-state index is 0.0477. The predicted molar refractivity (Wildman–Crippen MR) is 152 cm³/mol. The second-order valence-electron chi connectivity index (χ2n) is 10.2. The van der Waals surface area contributed by atoms with Gasteiger partial charge in [0.25, 0.3) is 0 Å². The van der Waals surface area contributed by atoms with Crippen LogP contribution in [0.5, 0.6) is 17.2 Å². The summed E-state index contributed by atoms with van der Waals surface area (Å²) in [6.07, 6.45) is 2.87. The topological polar surface area (TPSA) is 45.2 Å². The molecule has 0 amide bonds. The minimum Gasteiger partial charge on any atom is -0.508 e. The second-order valence-corrected chi connectivity index (χ2v) is 10.2. The highest BCUT2D eigenvalue weighted by Gasteiger charge is 2.27. The summed E-state index contributed by atoms with van der Waals surface area (Å²) in [5.41, 5.74) is 5.82. The molecule has 0 saturated carbocycles. The van der Waals surface area contributed by atoms with E-state index in [1.54, 1.807) is 25.3 Å². The van der Waals surface area contributed by atoms with Gasteiger partial charge in [-0.3, -0.25) is 0 Å². The third kappa shape index (κ3) is 6.24. The first kappa shape index (κ1) is 27.8. The molecule has 3 aromatic carbocycles. The maximum absolute atomic E-state index is 15.0. The molecule has 0 radical (unpaired) electrons. The smallest absolute Gasteiger partial charge is 0.165 e. The maximum Gasteiger partial charge on any atom is 0.165 e. The minimum atomic E-state index is -0.331. The summed E-state index contributed by atoms with van der Waals surface area (Å²) in [5.74, 6) is 1.45. The second kappa shape index (κ2) is 12.5. The molecule has 38 heavy (non-hydrogen) atoms. The molecule has 0 saturated heterocycles. The van der Waals surface area contributed by atoms with Crippen LogP contribution in [0.25, 0.3) is 0 Å². The van der Waals surface area contributed by atoms with Gasteiger partial charge in [-0.25, -0.2) is 4.39 Å². The molecular weight excluding hydrogens is 479 g/mol. The van der Waals surface area contributed by atoms with E-state index in [0.717, 1.165) is 55.9 Å². The number of aromatic hydroxyl groups is 1. The van der Waals surface area contributed by atoms with Crippen LogP contribution >= 0.6 is 0 Å². The largest absolute Gasteiger partial charge is 0.508 e. The maximum atomic E-state index is 15.0. The van der Waals surface area contributed by atoms with Crippen molar-refractivity contribution in [1.29, 1.82) is 0 Å². The van der Waals surface area contributed by atoms with Gasteiger partial charge in [0, 0.05) is 24.8 Å². The highest BCUT2D eigenvalue weighted by atomic mass is 19.1. The number of phenolic OH excluding ortho intramolecular Hbond substituents is 1. The molecule has 2 atom stereocenters. The summed E-state index contributed by atoms with van der Waals surface area (Å²) in [7, 11) is 3.71. The van der Waals surface area contributed by atoms with Gasteiger partial charge in [-0.2, -0.15) is 0 Å². The fourth-order valence-electron chi connectivity index (χ4n) is 5.45. The molecular formula is C32H41FN2O3. The van der Waals surface area contributed by atoms with Crippen LogP contribution in [0, 0.1) is 5.82 Å². The molecule has 0 bridgehead atoms. The van der Waals surface area contributed by atoms with E-state index in [2.05, 4.69) is 42.7 Å². The van der Waals surface area contributed by atoms with Gasteiger partial charge >= 0.3 is 0 Å². The van der Waals surface area contributed by atoms with Gasteiger partial charge in [-0.1, -0.05) is 25.1 Å². The van der Waals surface area contributed by atoms with Crippen LogP contribution in [0.15, 0.2) is 54.6 Å². The zero-order valence-electron chi connectivity index (χ0n) is 23.3. The highest BCUT2D eigenvalue weighted by Crippen LogP contribution is 2.42. The third-order valence-electron chi connectivity index (χ3n) is 7.92. The van der Waals surface area contributed by atoms with Gasteiger partial charge in [-0.05, 0) is 105 Å². The number of aryl methyl sites for hydroxylation is 1. The van der Waals surface area contributed by atoms with Crippen LogP contribution in [0.3, 0.4) is 0 Å². The number of hydrogen-bond acceptors (Lipinski definition) is 5. The Balaban J connectivity index is 1.59. The first-order valence-corrected chi connectivity index (χ1v) is 13.7. The first-order chi connectivity index (χ1) is 18.3. The number of methoxy groups -OCH3 is 1. The number of anilines is 1. The van der Waals surface area contributed by atoms with Crippen molar-refractivity contribution in [3.63, 3.8) is 0 Å². The van der Waals surface area contributed by atoms with E-state index in [4.69, 9.17) is 9.47 Å². The van der Waals surface area contributed by atoms with Crippen LogP contribution in [0.4, 0.5) is 10.1 Å². The van der Waals surface area contributed by atoms with Crippen molar-refractivity contribution in [2.75, 3.05) is 45.3 Å². The van der Waals surface area contributed by atoms with E-state index >= 15 is 4.39 Å². The van der Waals surface area contributed by atoms with E-state index in [0.29, 0.717) is 24.0 Å². The molecule has 1 aliphatic rings. The molecule has 0 spiro atoms. The molecule has 204 valence electrons. The van der Waals surface area contributed by atoms with Gasteiger partial charge < -0.3 is 24.4 Å². The molecule has 0 fully saturated rings. The molecule has 0 heterocycles. The van der Waals surface area contributed by atoms with Crippen molar-refractivity contribution >= 4 is 5.69 Å². The van der Waals surface area contributed by atoms with Gasteiger partial charge in [-0.15, -0.1) is 0 Å². The average molecular weight is 521 g/mol. The fraction of sp³-hybridized carbons (Fsp3) is 0.438. The van der Waals surface area contributed by atoms with Gasteiger partial charge in [0.2, 0.25) is 0 Å². The van der Waals surface area contributed by atoms with Gasteiger partial charge in [0.15, 0.2) is 11.6 Å². The highest BCUT2D eigenvalue weighted by molar-refractivity contribution is 5.61. The third-order valence-corrected chi connectivity index (χ3v) is 7.92. The normalized spacial score (nSPS) is 15.7. The average Bonchev–Trinajstić information content (AvgIpc) is 2.93. The Labute approximate surface area is 226 Å². The molecule has 0 aliphatic heterocycles. The van der Waals surface area contributed by atoms with Crippen LogP contribution in [-0.2, 0) is 12.8 Å². The van der Waals surface area contributed by atoms with Crippen LogP contribution in [0.1, 0.15) is 61.4 Å². The summed E-state index contributed by atoms with van der Waals surface area (Å²) in [4.78, 5) is 4.46. The zero-order chi connectivity index (χ0) is 27.2. The molecule has 1 aliphatic carbocycles. The van der Waals surface area contributed by atoms with Gasteiger partial charge in [0.05, 0.1) is 13.2 Å². The molecule has 6 heteroatoms. The molecule has 5 nitrogen and oxygen atoms in total.